The number of rotatable bonds is 5. The number of carbonyl (C=O) groups excluding carboxylic acids is 1. The van der Waals surface area contributed by atoms with Gasteiger partial charge in [0, 0.05) is 42.7 Å². The van der Waals surface area contributed by atoms with E-state index < -0.39 is 0 Å². The summed E-state index contributed by atoms with van der Waals surface area (Å²) >= 11 is 0. The summed E-state index contributed by atoms with van der Waals surface area (Å²) in [7, 11) is 0. The number of piperazine rings is 1. The van der Waals surface area contributed by atoms with Crippen LogP contribution in [0.2, 0.25) is 0 Å². The molecular weight excluding hydrogens is 416 g/mol. The zero-order valence-electron chi connectivity index (χ0n) is 19.2. The highest BCUT2D eigenvalue weighted by Crippen LogP contribution is 2.28. The van der Waals surface area contributed by atoms with E-state index in [0.717, 1.165) is 40.7 Å². The number of fused-ring (bicyclic) bond motifs is 1. The standard InChI is InChI=1S/C26H28N4O3/c1-17-9-10-22-21(16-32-24(22)18(17)2)15-23(31)30-13-11-29(12-14-30)19(3)26-27-25(28-33-26)20-7-5-4-6-8-20/h4-10,16,19H,11-15H2,1-3H3. The molecule has 1 unspecified atom stereocenters. The SMILES string of the molecule is Cc1ccc2c(CC(=O)N3CCN(C(C)c4nc(-c5ccccc5)no4)CC3)coc2c1C. The summed E-state index contributed by atoms with van der Waals surface area (Å²) < 4.78 is 11.3. The Morgan fingerprint density at radius 3 is 2.58 bits per heavy atom. The molecule has 170 valence electrons. The number of benzene rings is 2. The molecule has 4 aromatic rings. The van der Waals surface area contributed by atoms with Gasteiger partial charge >= 0.3 is 0 Å². The third kappa shape index (κ3) is 4.16. The van der Waals surface area contributed by atoms with E-state index in [4.69, 9.17) is 8.94 Å². The molecule has 7 heteroatoms. The predicted octanol–water partition coefficient (Wildman–Crippen LogP) is 4.55. The third-order valence-corrected chi connectivity index (χ3v) is 6.73. The maximum absolute atomic E-state index is 13.0. The molecule has 1 atom stereocenters. The summed E-state index contributed by atoms with van der Waals surface area (Å²) in [5.74, 6) is 1.33. The molecule has 7 nitrogen and oxygen atoms in total. The van der Waals surface area contributed by atoms with Crippen LogP contribution in [0.5, 0.6) is 0 Å². The van der Waals surface area contributed by atoms with E-state index in [1.54, 1.807) is 6.26 Å². The maximum atomic E-state index is 13.0. The topological polar surface area (TPSA) is 75.6 Å². The highest BCUT2D eigenvalue weighted by atomic mass is 16.5. The number of amides is 1. The maximum Gasteiger partial charge on any atom is 0.244 e. The van der Waals surface area contributed by atoms with Crippen molar-refractivity contribution < 1.29 is 13.7 Å². The van der Waals surface area contributed by atoms with E-state index in [-0.39, 0.29) is 11.9 Å². The summed E-state index contributed by atoms with van der Waals surface area (Å²) in [5.41, 5.74) is 5.09. The highest BCUT2D eigenvalue weighted by molar-refractivity contribution is 5.89. The zero-order valence-corrected chi connectivity index (χ0v) is 19.2. The van der Waals surface area contributed by atoms with Crippen molar-refractivity contribution in [2.24, 2.45) is 0 Å². The Morgan fingerprint density at radius 2 is 1.82 bits per heavy atom. The Hall–Kier alpha value is -3.45. The fourth-order valence-electron chi connectivity index (χ4n) is 4.42. The third-order valence-electron chi connectivity index (χ3n) is 6.73. The lowest BCUT2D eigenvalue weighted by Crippen LogP contribution is -2.49. The lowest BCUT2D eigenvalue weighted by molar-refractivity contribution is -0.132. The average Bonchev–Trinajstić information content (AvgIpc) is 3.50. The first-order chi connectivity index (χ1) is 16.0. The van der Waals surface area contributed by atoms with Gasteiger partial charge in [0.2, 0.25) is 17.6 Å². The number of carbonyl (C=O) groups is 1. The van der Waals surface area contributed by atoms with Gasteiger partial charge < -0.3 is 13.8 Å². The number of aromatic nitrogens is 2. The first-order valence-electron chi connectivity index (χ1n) is 11.4. The van der Waals surface area contributed by atoms with E-state index in [1.165, 1.54) is 5.56 Å². The Kier molecular flexibility index (Phi) is 5.72. The summed E-state index contributed by atoms with van der Waals surface area (Å²) in [5, 5.41) is 5.17. The Bertz CT molecular complexity index is 1270. The van der Waals surface area contributed by atoms with Crippen molar-refractivity contribution in [3.05, 3.63) is 71.3 Å². The Labute approximate surface area is 193 Å². The van der Waals surface area contributed by atoms with Gasteiger partial charge in [0.05, 0.1) is 18.7 Å². The largest absolute Gasteiger partial charge is 0.464 e. The van der Waals surface area contributed by atoms with Crippen LogP contribution in [-0.2, 0) is 11.2 Å². The summed E-state index contributed by atoms with van der Waals surface area (Å²) in [6, 6.07) is 13.9. The van der Waals surface area contributed by atoms with Crippen LogP contribution >= 0.6 is 0 Å². The molecule has 0 N–H and O–H groups in total. The van der Waals surface area contributed by atoms with Gasteiger partial charge in [-0.25, -0.2) is 0 Å². The molecule has 1 aliphatic heterocycles. The molecule has 0 spiro atoms. The molecule has 33 heavy (non-hydrogen) atoms. The second kappa shape index (κ2) is 8.83. The van der Waals surface area contributed by atoms with Crippen molar-refractivity contribution in [2.75, 3.05) is 26.2 Å². The Morgan fingerprint density at radius 1 is 1.06 bits per heavy atom. The molecule has 0 radical (unpaired) electrons. The molecule has 1 fully saturated rings. The van der Waals surface area contributed by atoms with Crippen LogP contribution in [0.15, 0.2) is 57.7 Å². The molecule has 0 saturated carbocycles. The monoisotopic (exact) mass is 444 g/mol. The van der Waals surface area contributed by atoms with E-state index in [9.17, 15) is 4.79 Å². The van der Waals surface area contributed by atoms with Crippen molar-refractivity contribution in [2.45, 2.75) is 33.2 Å². The minimum absolute atomic E-state index is 0.00348. The molecule has 2 aromatic heterocycles. The first-order valence-corrected chi connectivity index (χ1v) is 11.4. The molecular formula is C26H28N4O3. The van der Waals surface area contributed by atoms with Crippen LogP contribution in [0.25, 0.3) is 22.4 Å². The number of nitrogens with zero attached hydrogens (tertiary/aromatic N) is 4. The molecule has 1 saturated heterocycles. The number of aryl methyl sites for hydroxylation is 2. The molecule has 1 amide bonds. The second-order valence-corrected chi connectivity index (χ2v) is 8.74. The van der Waals surface area contributed by atoms with Crippen molar-refractivity contribution in [3.8, 4) is 11.4 Å². The molecule has 0 bridgehead atoms. The minimum Gasteiger partial charge on any atom is -0.464 e. The average molecular weight is 445 g/mol. The predicted molar refractivity (Wildman–Crippen MR) is 126 cm³/mol. The van der Waals surface area contributed by atoms with Crippen LogP contribution in [0, 0.1) is 13.8 Å². The van der Waals surface area contributed by atoms with Crippen molar-refractivity contribution in [3.63, 3.8) is 0 Å². The van der Waals surface area contributed by atoms with Crippen LogP contribution in [-0.4, -0.2) is 52.0 Å². The van der Waals surface area contributed by atoms with Crippen LogP contribution < -0.4 is 0 Å². The molecule has 3 heterocycles. The summed E-state index contributed by atoms with van der Waals surface area (Å²) in [6.07, 6.45) is 2.09. The van der Waals surface area contributed by atoms with Gasteiger partial charge in [-0.05, 0) is 31.9 Å². The quantitative estimate of drug-likeness (QED) is 0.450. The summed E-state index contributed by atoms with van der Waals surface area (Å²) in [4.78, 5) is 21.8. The molecule has 1 aliphatic rings. The van der Waals surface area contributed by atoms with Gasteiger partial charge in [0.15, 0.2) is 0 Å². The molecule has 2 aromatic carbocycles. The van der Waals surface area contributed by atoms with Crippen molar-refractivity contribution in [1.29, 1.82) is 0 Å². The van der Waals surface area contributed by atoms with Gasteiger partial charge in [-0.2, -0.15) is 4.98 Å². The van der Waals surface area contributed by atoms with Gasteiger partial charge in [0.25, 0.3) is 0 Å². The van der Waals surface area contributed by atoms with Gasteiger partial charge in [-0.15, -0.1) is 0 Å². The molecule has 5 rings (SSSR count). The van der Waals surface area contributed by atoms with E-state index >= 15 is 0 Å². The molecule has 0 aliphatic carbocycles. The first kappa shape index (κ1) is 21.4. The lowest BCUT2D eigenvalue weighted by Gasteiger charge is -2.36. The van der Waals surface area contributed by atoms with Crippen LogP contribution in [0.1, 0.15) is 35.5 Å². The number of hydrogen-bond acceptors (Lipinski definition) is 6. The highest BCUT2D eigenvalue weighted by Gasteiger charge is 2.28. The van der Waals surface area contributed by atoms with Crippen LogP contribution in [0.4, 0.5) is 0 Å². The van der Waals surface area contributed by atoms with Crippen molar-refractivity contribution in [1.82, 2.24) is 19.9 Å². The Balaban J connectivity index is 1.20. The second-order valence-electron chi connectivity index (χ2n) is 8.74. The van der Waals surface area contributed by atoms with E-state index in [1.807, 2.05) is 35.2 Å². The van der Waals surface area contributed by atoms with Crippen LogP contribution in [0.3, 0.4) is 0 Å². The van der Waals surface area contributed by atoms with E-state index in [0.29, 0.717) is 31.2 Å². The lowest BCUT2D eigenvalue weighted by atomic mass is 10.0. The van der Waals surface area contributed by atoms with Crippen molar-refractivity contribution >= 4 is 16.9 Å². The summed E-state index contributed by atoms with van der Waals surface area (Å²) in [6.45, 7) is 9.08. The fourth-order valence-corrected chi connectivity index (χ4v) is 4.42. The van der Waals surface area contributed by atoms with E-state index in [2.05, 4.69) is 47.9 Å². The zero-order chi connectivity index (χ0) is 22.9. The van der Waals surface area contributed by atoms with Gasteiger partial charge in [0.1, 0.15) is 5.58 Å². The number of hydrogen-bond donors (Lipinski definition) is 0. The fraction of sp³-hybridized carbons (Fsp3) is 0.346. The minimum atomic E-state index is -0.00348. The normalized spacial score (nSPS) is 15.8. The smallest absolute Gasteiger partial charge is 0.244 e. The van der Waals surface area contributed by atoms with Gasteiger partial charge in [-0.3, -0.25) is 9.69 Å². The number of furan rings is 1. The van der Waals surface area contributed by atoms with Gasteiger partial charge in [-0.1, -0.05) is 47.6 Å².